The smallest absolute Gasteiger partial charge is 0.0374 e. The van der Waals surface area contributed by atoms with E-state index in [-0.39, 0.29) is 5.54 Å². The molecular weight excluding hydrogens is 148 g/mol. The van der Waals surface area contributed by atoms with Crippen LogP contribution in [0.25, 0.3) is 0 Å². The molecule has 70 valence electrons. The Morgan fingerprint density at radius 2 is 2.33 bits per heavy atom. The summed E-state index contributed by atoms with van der Waals surface area (Å²) < 4.78 is 0. The third kappa shape index (κ3) is 2.32. The van der Waals surface area contributed by atoms with Crippen molar-refractivity contribution in [3.05, 3.63) is 12.7 Å². The summed E-state index contributed by atoms with van der Waals surface area (Å²) in [5.74, 6) is 0. The summed E-state index contributed by atoms with van der Waals surface area (Å²) in [7, 11) is 4.23. The lowest BCUT2D eigenvalue weighted by Crippen LogP contribution is -2.39. The van der Waals surface area contributed by atoms with E-state index in [2.05, 4.69) is 37.0 Å². The van der Waals surface area contributed by atoms with Gasteiger partial charge in [0.25, 0.3) is 0 Å². The highest BCUT2D eigenvalue weighted by molar-refractivity contribution is 5.06. The van der Waals surface area contributed by atoms with Gasteiger partial charge in [-0.1, -0.05) is 6.08 Å². The number of hydrogen-bond acceptors (Lipinski definition) is 2. The second-order valence-corrected chi connectivity index (χ2v) is 3.94. The van der Waals surface area contributed by atoms with Gasteiger partial charge in [-0.05, 0) is 46.4 Å². The number of rotatable bonds is 4. The molecule has 0 saturated carbocycles. The molecule has 0 aliphatic carbocycles. The molecule has 1 N–H and O–H groups in total. The van der Waals surface area contributed by atoms with Crippen molar-refractivity contribution in [2.24, 2.45) is 0 Å². The van der Waals surface area contributed by atoms with Crippen LogP contribution in [0.1, 0.15) is 19.3 Å². The van der Waals surface area contributed by atoms with Crippen molar-refractivity contribution in [1.82, 2.24) is 10.2 Å². The van der Waals surface area contributed by atoms with Crippen LogP contribution in [0.3, 0.4) is 0 Å². The van der Waals surface area contributed by atoms with E-state index in [0.29, 0.717) is 0 Å². The zero-order valence-corrected chi connectivity index (χ0v) is 8.27. The van der Waals surface area contributed by atoms with Crippen LogP contribution in [0.4, 0.5) is 0 Å². The molecule has 0 aromatic heterocycles. The van der Waals surface area contributed by atoms with E-state index >= 15 is 0 Å². The molecule has 0 spiro atoms. The molecule has 0 amide bonds. The predicted octanol–water partition coefficient (Wildman–Crippen LogP) is 1.25. The molecule has 0 bridgehead atoms. The first-order valence-corrected chi connectivity index (χ1v) is 4.72. The highest BCUT2D eigenvalue weighted by atomic mass is 15.1. The normalized spacial score (nSPS) is 29.6. The molecule has 1 heterocycles. The van der Waals surface area contributed by atoms with Crippen LogP contribution in [0.15, 0.2) is 12.7 Å². The lowest BCUT2D eigenvalue weighted by Gasteiger charge is -2.27. The van der Waals surface area contributed by atoms with Gasteiger partial charge in [0.15, 0.2) is 0 Å². The Balaban J connectivity index is 2.39. The van der Waals surface area contributed by atoms with E-state index in [1.807, 2.05) is 0 Å². The molecule has 12 heavy (non-hydrogen) atoms. The van der Waals surface area contributed by atoms with Crippen LogP contribution in [-0.2, 0) is 0 Å². The Morgan fingerprint density at radius 3 is 2.75 bits per heavy atom. The molecule has 1 saturated heterocycles. The standard InChI is InChI=1S/C10H20N2/c1-4-10(6-5-8-11-10)7-9-12(2)3/h4,11H,1,5-9H2,2-3H3. The summed E-state index contributed by atoms with van der Waals surface area (Å²) in [4.78, 5) is 2.23. The average Bonchev–Trinajstić information content (AvgIpc) is 2.50. The maximum Gasteiger partial charge on any atom is 0.0374 e. The van der Waals surface area contributed by atoms with Crippen LogP contribution in [0.2, 0.25) is 0 Å². The average molecular weight is 168 g/mol. The molecule has 1 aliphatic rings. The summed E-state index contributed by atoms with van der Waals surface area (Å²) >= 11 is 0. The quantitative estimate of drug-likeness (QED) is 0.635. The number of hydrogen-bond donors (Lipinski definition) is 1. The van der Waals surface area contributed by atoms with E-state index in [1.165, 1.54) is 19.3 Å². The summed E-state index contributed by atoms with van der Waals surface area (Å²) in [6.45, 7) is 6.20. The van der Waals surface area contributed by atoms with E-state index in [9.17, 15) is 0 Å². The molecule has 0 radical (unpaired) electrons. The lowest BCUT2D eigenvalue weighted by atomic mass is 9.93. The van der Waals surface area contributed by atoms with Crippen molar-refractivity contribution in [1.29, 1.82) is 0 Å². The van der Waals surface area contributed by atoms with Crippen molar-refractivity contribution in [2.45, 2.75) is 24.8 Å². The number of nitrogens with zero attached hydrogens (tertiary/aromatic N) is 1. The first-order valence-electron chi connectivity index (χ1n) is 4.72. The summed E-state index contributed by atoms with van der Waals surface area (Å²) in [6, 6.07) is 0. The van der Waals surface area contributed by atoms with Crippen molar-refractivity contribution in [3.63, 3.8) is 0 Å². The first-order chi connectivity index (χ1) is 5.68. The Kier molecular flexibility index (Phi) is 3.29. The van der Waals surface area contributed by atoms with Gasteiger partial charge in [-0.25, -0.2) is 0 Å². The molecule has 1 unspecified atom stereocenters. The van der Waals surface area contributed by atoms with Gasteiger partial charge in [-0.15, -0.1) is 6.58 Å². The van der Waals surface area contributed by atoms with Crippen molar-refractivity contribution in [3.8, 4) is 0 Å². The molecular formula is C10H20N2. The van der Waals surface area contributed by atoms with Gasteiger partial charge in [0.2, 0.25) is 0 Å². The topological polar surface area (TPSA) is 15.3 Å². The fraction of sp³-hybridized carbons (Fsp3) is 0.800. The van der Waals surface area contributed by atoms with Gasteiger partial charge >= 0.3 is 0 Å². The summed E-state index contributed by atoms with van der Waals surface area (Å²) in [6.07, 6.45) is 5.82. The Bertz CT molecular complexity index is 146. The van der Waals surface area contributed by atoms with Gasteiger partial charge < -0.3 is 10.2 Å². The Morgan fingerprint density at radius 1 is 1.58 bits per heavy atom. The second kappa shape index (κ2) is 4.06. The molecule has 2 nitrogen and oxygen atoms in total. The van der Waals surface area contributed by atoms with Crippen molar-refractivity contribution >= 4 is 0 Å². The van der Waals surface area contributed by atoms with Gasteiger partial charge in [0, 0.05) is 5.54 Å². The van der Waals surface area contributed by atoms with E-state index in [0.717, 1.165) is 13.1 Å². The zero-order chi connectivity index (χ0) is 9.03. The van der Waals surface area contributed by atoms with Gasteiger partial charge in [-0.2, -0.15) is 0 Å². The molecule has 2 heteroatoms. The summed E-state index contributed by atoms with van der Waals surface area (Å²) in [5.41, 5.74) is 0.240. The fourth-order valence-corrected chi connectivity index (χ4v) is 1.74. The third-order valence-electron chi connectivity index (χ3n) is 2.67. The first kappa shape index (κ1) is 9.75. The monoisotopic (exact) mass is 168 g/mol. The molecule has 1 aliphatic heterocycles. The predicted molar refractivity (Wildman–Crippen MR) is 53.3 cm³/mol. The van der Waals surface area contributed by atoms with Gasteiger partial charge in [0.05, 0.1) is 0 Å². The lowest BCUT2D eigenvalue weighted by molar-refractivity contribution is 0.331. The maximum atomic E-state index is 3.91. The number of nitrogens with one attached hydrogen (secondary N) is 1. The van der Waals surface area contributed by atoms with Crippen molar-refractivity contribution in [2.75, 3.05) is 27.2 Å². The fourth-order valence-electron chi connectivity index (χ4n) is 1.74. The van der Waals surface area contributed by atoms with Crippen LogP contribution in [-0.4, -0.2) is 37.6 Å². The molecule has 1 rings (SSSR count). The minimum atomic E-state index is 0.240. The Hall–Kier alpha value is -0.340. The summed E-state index contributed by atoms with van der Waals surface area (Å²) in [5, 5.41) is 3.53. The minimum absolute atomic E-state index is 0.240. The van der Waals surface area contributed by atoms with Crippen LogP contribution < -0.4 is 5.32 Å². The molecule has 0 aromatic rings. The highest BCUT2D eigenvalue weighted by Gasteiger charge is 2.29. The van der Waals surface area contributed by atoms with E-state index < -0.39 is 0 Å². The van der Waals surface area contributed by atoms with Crippen LogP contribution in [0, 0.1) is 0 Å². The van der Waals surface area contributed by atoms with Crippen molar-refractivity contribution < 1.29 is 0 Å². The molecule has 1 atom stereocenters. The van der Waals surface area contributed by atoms with Crippen LogP contribution in [0.5, 0.6) is 0 Å². The van der Waals surface area contributed by atoms with Crippen LogP contribution >= 0.6 is 0 Å². The van der Waals surface area contributed by atoms with Gasteiger partial charge in [-0.3, -0.25) is 0 Å². The SMILES string of the molecule is C=CC1(CCN(C)C)CCCN1. The highest BCUT2D eigenvalue weighted by Crippen LogP contribution is 2.23. The minimum Gasteiger partial charge on any atom is -0.309 e. The van der Waals surface area contributed by atoms with Gasteiger partial charge in [0.1, 0.15) is 0 Å². The maximum absolute atomic E-state index is 3.91. The Labute approximate surface area is 75.6 Å². The zero-order valence-electron chi connectivity index (χ0n) is 8.27. The third-order valence-corrected chi connectivity index (χ3v) is 2.67. The second-order valence-electron chi connectivity index (χ2n) is 3.94. The largest absolute Gasteiger partial charge is 0.309 e. The van der Waals surface area contributed by atoms with E-state index in [1.54, 1.807) is 0 Å². The molecule has 1 fully saturated rings. The van der Waals surface area contributed by atoms with E-state index in [4.69, 9.17) is 0 Å². The molecule has 0 aromatic carbocycles.